The summed E-state index contributed by atoms with van der Waals surface area (Å²) in [6.07, 6.45) is 70.0. The molecule has 0 saturated heterocycles. The van der Waals surface area contributed by atoms with Crippen LogP contribution in [0.3, 0.4) is 0 Å². The number of unbranched alkanes of at least 4 members (excludes halogenated alkanes) is 48. The standard InChI is InChI=1S/2C28H56O2.C2H6O2/c2*1-2-3-4-5-6-7-8-9-10-11-12-13-14-15-16-17-18-19-20-21-22-23-24-25-26-27-28(29)30;3-1-2-4/h2*2-27H2,1H3,(H,29,30);3-4H,1-2H2. The van der Waals surface area contributed by atoms with Gasteiger partial charge in [0.15, 0.2) is 0 Å². The minimum Gasteiger partial charge on any atom is -0.481 e. The van der Waals surface area contributed by atoms with Crippen molar-refractivity contribution in [1.82, 2.24) is 0 Å². The number of carboxylic acid groups (broad SMARTS) is 2. The number of aliphatic hydroxyl groups is 2. The Morgan fingerprint density at radius 1 is 0.219 bits per heavy atom. The van der Waals surface area contributed by atoms with Gasteiger partial charge in [0, 0.05) is 12.8 Å². The van der Waals surface area contributed by atoms with Crippen LogP contribution in [-0.4, -0.2) is 45.6 Å². The molecule has 0 unspecified atom stereocenters. The predicted octanol–water partition coefficient (Wildman–Crippen LogP) is 19.4. The van der Waals surface area contributed by atoms with E-state index in [9.17, 15) is 9.59 Å². The Bertz CT molecular complexity index is 753. The van der Waals surface area contributed by atoms with Gasteiger partial charge in [-0.05, 0) is 12.8 Å². The molecule has 0 aromatic rings. The van der Waals surface area contributed by atoms with Crippen LogP contribution in [0.15, 0.2) is 0 Å². The predicted molar refractivity (Wildman–Crippen MR) is 281 cm³/mol. The number of aliphatic hydroxyl groups excluding tert-OH is 2. The molecule has 0 atom stereocenters. The lowest BCUT2D eigenvalue weighted by molar-refractivity contribution is -0.138. The molecule has 0 aliphatic heterocycles. The van der Waals surface area contributed by atoms with Crippen molar-refractivity contribution in [2.75, 3.05) is 13.2 Å². The quantitative estimate of drug-likeness (QED) is 0.0452. The molecule has 6 nitrogen and oxygen atoms in total. The minimum absolute atomic E-state index is 0.125. The zero-order valence-electron chi connectivity index (χ0n) is 43.8. The maximum atomic E-state index is 10.4. The summed E-state index contributed by atoms with van der Waals surface area (Å²) in [5.41, 5.74) is 0. The van der Waals surface area contributed by atoms with Crippen molar-refractivity contribution in [3.8, 4) is 0 Å². The van der Waals surface area contributed by atoms with E-state index in [-0.39, 0.29) is 13.2 Å². The SMILES string of the molecule is CCCCCCCCCCCCCCCCCCCCCCCCCCCC(=O)O.CCCCCCCCCCCCCCCCCCCCCCCCCCCC(=O)O.OCCO. The van der Waals surface area contributed by atoms with E-state index in [1.807, 2.05) is 0 Å². The van der Waals surface area contributed by atoms with E-state index >= 15 is 0 Å². The van der Waals surface area contributed by atoms with Crippen LogP contribution >= 0.6 is 0 Å². The average Bonchev–Trinajstić information content (AvgIpc) is 3.29. The topological polar surface area (TPSA) is 115 Å². The molecule has 386 valence electrons. The maximum absolute atomic E-state index is 10.4. The van der Waals surface area contributed by atoms with Gasteiger partial charge in [0.1, 0.15) is 0 Å². The molecule has 0 bridgehead atoms. The first kappa shape index (κ1) is 67.1. The Morgan fingerprint density at radius 2 is 0.328 bits per heavy atom. The Labute approximate surface area is 401 Å². The van der Waals surface area contributed by atoms with Crippen molar-refractivity contribution in [3.05, 3.63) is 0 Å². The second kappa shape index (κ2) is 66.1. The van der Waals surface area contributed by atoms with Crippen LogP contribution < -0.4 is 0 Å². The molecule has 0 fully saturated rings. The van der Waals surface area contributed by atoms with Crippen molar-refractivity contribution in [3.63, 3.8) is 0 Å². The number of hydrogen-bond acceptors (Lipinski definition) is 4. The Hall–Kier alpha value is -1.14. The van der Waals surface area contributed by atoms with Crippen LogP contribution in [-0.2, 0) is 9.59 Å². The first-order chi connectivity index (χ1) is 31.5. The van der Waals surface area contributed by atoms with Gasteiger partial charge in [0.05, 0.1) is 13.2 Å². The Balaban J connectivity index is -0.00000107. The van der Waals surface area contributed by atoms with Crippen molar-refractivity contribution < 1.29 is 30.0 Å². The summed E-state index contributed by atoms with van der Waals surface area (Å²) in [5.74, 6) is -1.30. The maximum Gasteiger partial charge on any atom is 0.303 e. The Kier molecular flexibility index (Phi) is 69.4. The van der Waals surface area contributed by atoms with Crippen molar-refractivity contribution in [2.24, 2.45) is 0 Å². The number of rotatable bonds is 53. The van der Waals surface area contributed by atoms with Crippen LogP contribution in [0.4, 0.5) is 0 Å². The number of carbonyl (C=O) groups is 2. The highest BCUT2D eigenvalue weighted by Gasteiger charge is 2.00. The molecular formula is C58H118O6. The molecule has 64 heavy (non-hydrogen) atoms. The summed E-state index contributed by atoms with van der Waals surface area (Å²) in [4.78, 5) is 20.9. The second-order valence-corrected chi connectivity index (χ2v) is 19.7. The lowest BCUT2D eigenvalue weighted by Gasteiger charge is -2.04. The fourth-order valence-electron chi connectivity index (χ4n) is 8.83. The fourth-order valence-corrected chi connectivity index (χ4v) is 8.83. The second-order valence-electron chi connectivity index (χ2n) is 19.7. The molecule has 0 aromatic carbocycles. The summed E-state index contributed by atoms with van der Waals surface area (Å²) in [7, 11) is 0. The smallest absolute Gasteiger partial charge is 0.303 e. The molecule has 0 saturated carbocycles. The zero-order valence-corrected chi connectivity index (χ0v) is 43.8. The van der Waals surface area contributed by atoms with Crippen molar-refractivity contribution in [2.45, 2.75) is 348 Å². The van der Waals surface area contributed by atoms with Gasteiger partial charge in [0.2, 0.25) is 0 Å². The van der Waals surface area contributed by atoms with E-state index in [1.165, 1.54) is 295 Å². The third-order valence-electron chi connectivity index (χ3n) is 13.1. The van der Waals surface area contributed by atoms with Gasteiger partial charge in [-0.3, -0.25) is 9.59 Å². The van der Waals surface area contributed by atoms with Crippen LogP contribution in [0.1, 0.15) is 348 Å². The summed E-state index contributed by atoms with van der Waals surface area (Å²) < 4.78 is 0. The van der Waals surface area contributed by atoms with Crippen LogP contribution in [0, 0.1) is 0 Å². The van der Waals surface area contributed by atoms with Gasteiger partial charge in [-0.2, -0.15) is 0 Å². The number of aliphatic carboxylic acids is 2. The fraction of sp³-hybridized carbons (Fsp3) is 0.966. The zero-order chi connectivity index (χ0) is 47.3. The third-order valence-corrected chi connectivity index (χ3v) is 13.1. The van der Waals surface area contributed by atoms with Crippen LogP contribution in [0.2, 0.25) is 0 Å². The number of carboxylic acids is 2. The monoisotopic (exact) mass is 911 g/mol. The van der Waals surface area contributed by atoms with Gasteiger partial charge >= 0.3 is 11.9 Å². The summed E-state index contributed by atoms with van der Waals surface area (Å²) in [5, 5.41) is 32.4. The van der Waals surface area contributed by atoms with E-state index in [2.05, 4.69) is 13.8 Å². The van der Waals surface area contributed by atoms with E-state index in [1.54, 1.807) is 0 Å². The third kappa shape index (κ3) is 75.2. The molecule has 0 aromatic heterocycles. The normalized spacial score (nSPS) is 11.0. The van der Waals surface area contributed by atoms with Gasteiger partial charge in [-0.15, -0.1) is 0 Å². The van der Waals surface area contributed by atoms with Gasteiger partial charge < -0.3 is 20.4 Å². The molecule has 0 spiro atoms. The molecule has 0 radical (unpaired) electrons. The summed E-state index contributed by atoms with van der Waals surface area (Å²) in [6.45, 7) is 4.34. The molecule has 0 aliphatic carbocycles. The van der Waals surface area contributed by atoms with E-state index in [4.69, 9.17) is 20.4 Å². The molecule has 4 N–H and O–H groups in total. The number of hydrogen-bond donors (Lipinski definition) is 4. The first-order valence-corrected chi connectivity index (χ1v) is 29.1. The van der Waals surface area contributed by atoms with Crippen LogP contribution in [0.25, 0.3) is 0 Å². The van der Waals surface area contributed by atoms with Crippen molar-refractivity contribution in [1.29, 1.82) is 0 Å². The van der Waals surface area contributed by atoms with Gasteiger partial charge in [-0.1, -0.05) is 322 Å². The highest BCUT2D eigenvalue weighted by molar-refractivity contribution is 5.66. The molecule has 0 heterocycles. The van der Waals surface area contributed by atoms with Crippen LogP contribution in [0.5, 0.6) is 0 Å². The lowest BCUT2D eigenvalue weighted by atomic mass is 10.0. The van der Waals surface area contributed by atoms with E-state index in [0.29, 0.717) is 12.8 Å². The van der Waals surface area contributed by atoms with Gasteiger partial charge in [0.25, 0.3) is 0 Å². The summed E-state index contributed by atoms with van der Waals surface area (Å²) in [6, 6.07) is 0. The molecule has 0 rings (SSSR count). The highest BCUT2D eigenvalue weighted by Crippen LogP contribution is 2.18. The molecule has 0 aliphatic rings. The largest absolute Gasteiger partial charge is 0.481 e. The van der Waals surface area contributed by atoms with Gasteiger partial charge in [-0.25, -0.2) is 0 Å². The summed E-state index contributed by atoms with van der Waals surface area (Å²) >= 11 is 0. The average molecular weight is 912 g/mol. The van der Waals surface area contributed by atoms with E-state index < -0.39 is 11.9 Å². The Morgan fingerprint density at radius 3 is 0.422 bits per heavy atom. The molecular weight excluding hydrogens is 793 g/mol. The molecule has 6 heteroatoms. The van der Waals surface area contributed by atoms with Crippen molar-refractivity contribution >= 4 is 11.9 Å². The van der Waals surface area contributed by atoms with E-state index in [0.717, 1.165) is 25.7 Å². The first-order valence-electron chi connectivity index (χ1n) is 29.1. The lowest BCUT2D eigenvalue weighted by Crippen LogP contribution is -1.93. The minimum atomic E-state index is -0.649. The molecule has 0 amide bonds. The highest BCUT2D eigenvalue weighted by atomic mass is 16.4.